The van der Waals surface area contributed by atoms with E-state index in [-0.39, 0.29) is 5.91 Å². The van der Waals surface area contributed by atoms with Gasteiger partial charge in [-0.3, -0.25) is 4.79 Å². The molecule has 9 nitrogen and oxygen atoms in total. The van der Waals surface area contributed by atoms with Crippen LogP contribution in [0.2, 0.25) is 0 Å². The lowest BCUT2D eigenvalue weighted by Gasteiger charge is -2.35. The number of aryl methyl sites for hydroxylation is 1. The van der Waals surface area contributed by atoms with Gasteiger partial charge in [-0.25, -0.2) is 19.6 Å². The van der Waals surface area contributed by atoms with Crippen LogP contribution in [0.15, 0.2) is 36.8 Å². The second kappa shape index (κ2) is 9.79. The van der Waals surface area contributed by atoms with E-state index in [0.29, 0.717) is 12.8 Å². The number of rotatable bonds is 6. The predicted octanol–water partition coefficient (Wildman–Crippen LogP) is 2.56. The highest BCUT2D eigenvalue weighted by atomic mass is 16.2. The molecule has 2 saturated heterocycles. The number of carbonyl (C=O) groups excluding carboxylic acids is 1. The third-order valence-electron chi connectivity index (χ3n) is 6.92. The van der Waals surface area contributed by atoms with E-state index in [1.54, 1.807) is 6.33 Å². The molecule has 0 aliphatic carbocycles. The Balaban J connectivity index is 1.21. The van der Waals surface area contributed by atoms with Crippen molar-refractivity contribution in [3.63, 3.8) is 0 Å². The number of anilines is 2. The smallest absolute Gasteiger partial charge is 0.223 e. The van der Waals surface area contributed by atoms with E-state index in [4.69, 9.17) is 5.10 Å². The summed E-state index contributed by atoms with van der Waals surface area (Å²) >= 11 is 0. The van der Waals surface area contributed by atoms with Crippen molar-refractivity contribution in [2.24, 2.45) is 0 Å². The Hall–Kier alpha value is -3.49. The van der Waals surface area contributed by atoms with Crippen molar-refractivity contribution in [1.82, 2.24) is 29.6 Å². The number of aromatic nitrogens is 5. The second-order valence-electron chi connectivity index (χ2n) is 9.05. The van der Waals surface area contributed by atoms with Gasteiger partial charge in [-0.1, -0.05) is 6.07 Å². The van der Waals surface area contributed by atoms with Gasteiger partial charge in [0.15, 0.2) is 5.82 Å². The number of amides is 1. The largest absolute Gasteiger partial charge is 0.356 e. The lowest BCUT2D eigenvalue weighted by atomic mass is 10.1. The molecule has 2 aliphatic heterocycles. The van der Waals surface area contributed by atoms with Gasteiger partial charge in [0.25, 0.3) is 0 Å². The molecule has 0 unspecified atom stereocenters. The fourth-order valence-electron chi connectivity index (χ4n) is 4.95. The summed E-state index contributed by atoms with van der Waals surface area (Å²) in [6.45, 7) is 9.23. The van der Waals surface area contributed by atoms with E-state index >= 15 is 0 Å². The van der Waals surface area contributed by atoms with Gasteiger partial charge in [0.2, 0.25) is 5.91 Å². The lowest BCUT2D eigenvalue weighted by molar-refractivity contribution is -0.131. The quantitative estimate of drug-likeness (QED) is 0.559. The first-order chi connectivity index (χ1) is 16.6. The Morgan fingerprint density at radius 1 is 0.882 bits per heavy atom. The van der Waals surface area contributed by atoms with Crippen LogP contribution < -0.4 is 9.80 Å². The minimum atomic E-state index is 0.200. The van der Waals surface area contributed by atoms with Crippen LogP contribution >= 0.6 is 0 Å². The molecule has 0 aromatic carbocycles. The zero-order valence-corrected chi connectivity index (χ0v) is 20.0. The highest BCUT2D eigenvalue weighted by Gasteiger charge is 2.23. The highest BCUT2D eigenvalue weighted by Crippen LogP contribution is 2.23. The zero-order chi connectivity index (χ0) is 23.5. The van der Waals surface area contributed by atoms with Crippen LogP contribution in [-0.2, 0) is 11.2 Å². The molecule has 0 spiro atoms. The molecule has 34 heavy (non-hydrogen) atoms. The maximum atomic E-state index is 12.9. The summed E-state index contributed by atoms with van der Waals surface area (Å²) in [5.74, 6) is 2.91. The van der Waals surface area contributed by atoms with Crippen molar-refractivity contribution >= 4 is 17.5 Å². The molecule has 5 rings (SSSR count). The first-order valence-electron chi connectivity index (χ1n) is 12.2. The van der Waals surface area contributed by atoms with Crippen molar-refractivity contribution in [3.8, 4) is 5.82 Å². The fraction of sp³-hybridized carbons (Fsp3) is 0.480. The van der Waals surface area contributed by atoms with Crippen LogP contribution in [0.3, 0.4) is 0 Å². The topological polar surface area (TPSA) is 83.3 Å². The van der Waals surface area contributed by atoms with Gasteiger partial charge in [-0.05, 0) is 50.8 Å². The Bertz CT molecular complexity index is 1130. The maximum Gasteiger partial charge on any atom is 0.223 e. The molecule has 0 atom stereocenters. The monoisotopic (exact) mass is 460 g/mol. The van der Waals surface area contributed by atoms with Crippen molar-refractivity contribution in [2.45, 2.75) is 39.5 Å². The van der Waals surface area contributed by atoms with Gasteiger partial charge in [0.1, 0.15) is 18.0 Å². The minimum absolute atomic E-state index is 0.200. The van der Waals surface area contributed by atoms with Crippen LogP contribution in [0, 0.1) is 13.8 Å². The third-order valence-corrected chi connectivity index (χ3v) is 6.92. The number of nitrogens with zero attached hydrogens (tertiary/aromatic N) is 8. The van der Waals surface area contributed by atoms with Gasteiger partial charge in [0.05, 0.1) is 5.69 Å². The lowest BCUT2D eigenvalue weighted by Crippen LogP contribution is -2.49. The van der Waals surface area contributed by atoms with Crippen LogP contribution in [0.1, 0.15) is 36.2 Å². The molecule has 2 aliphatic rings. The number of carbonyl (C=O) groups is 1. The minimum Gasteiger partial charge on any atom is -0.356 e. The molecule has 3 aromatic rings. The van der Waals surface area contributed by atoms with E-state index in [0.717, 1.165) is 73.7 Å². The molecule has 0 radical (unpaired) electrons. The summed E-state index contributed by atoms with van der Waals surface area (Å²) in [5, 5.41) is 4.75. The van der Waals surface area contributed by atoms with Gasteiger partial charge < -0.3 is 14.7 Å². The molecular formula is C25H32N8O. The van der Waals surface area contributed by atoms with E-state index in [9.17, 15) is 4.79 Å². The Morgan fingerprint density at radius 3 is 2.35 bits per heavy atom. The molecule has 178 valence electrons. The van der Waals surface area contributed by atoms with Crippen molar-refractivity contribution in [2.75, 3.05) is 49.1 Å². The molecule has 2 fully saturated rings. The molecule has 0 N–H and O–H groups in total. The summed E-state index contributed by atoms with van der Waals surface area (Å²) in [7, 11) is 0. The maximum absolute atomic E-state index is 12.9. The van der Waals surface area contributed by atoms with Crippen LogP contribution in [0.25, 0.3) is 5.82 Å². The first kappa shape index (κ1) is 22.3. The molecular weight excluding hydrogens is 428 g/mol. The Morgan fingerprint density at radius 2 is 1.62 bits per heavy atom. The number of piperazine rings is 1. The van der Waals surface area contributed by atoms with Crippen molar-refractivity contribution < 1.29 is 4.79 Å². The predicted molar refractivity (Wildman–Crippen MR) is 131 cm³/mol. The van der Waals surface area contributed by atoms with Crippen LogP contribution in [0.4, 0.5) is 11.6 Å². The van der Waals surface area contributed by atoms with Gasteiger partial charge >= 0.3 is 0 Å². The van der Waals surface area contributed by atoms with Crippen LogP contribution in [0.5, 0.6) is 0 Å². The first-order valence-corrected chi connectivity index (χ1v) is 12.2. The summed E-state index contributed by atoms with van der Waals surface area (Å²) in [4.78, 5) is 32.8. The van der Waals surface area contributed by atoms with Crippen molar-refractivity contribution in [3.05, 3.63) is 53.7 Å². The fourth-order valence-corrected chi connectivity index (χ4v) is 4.95. The molecule has 5 heterocycles. The third kappa shape index (κ3) is 4.60. The van der Waals surface area contributed by atoms with Gasteiger partial charge in [0, 0.05) is 63.6 Å². The average molecular weight is 461 g/mol. The number of hydrogen-bond donors (Lipinski definition) is 0. The summed E-state index contributed by atoms with van der Waals surface area (Å²) in [6.07, 6.45) is 7.01. The number of hydrogen-bond acceptors (Lipinski definition) is 7. The highest BCUT2D eigenvalue weighted by molar-refractivity contribution is 5.77. The molecule has 1 amide bonds. The zero-order valence-electron chi connectivity index (χ0n) is 20.0. The molecule has 9 heteroatoms. The van der Waals surface area contributed by atoms with E-state index in [1.165, 1.54) is 12.8 Å². The van der Waals surface area contributed by atoms with E-state index in [1.807, 2.05) is 47.0 Å². The van der Waals surface area contributed by atoms with E-state index < -0.39 is 0 Å². The van der Waals surface area contributed by atoms with Crippen LogP contribution in [-0.4, -0.2) is 74.8 Å². The normalized spacial score (nSPS) is 16.4. The summed E-state index contributed by atoms with van der Waals surface area (Å²) < 4.78 is 1.89. The van der Waals surface area contributed by atoms with E-state index in [2.05, 4.69) is 31.7 Å². The number of pyridine rings is 1. The second-order valence-corrected chi connectivity index (χ2v) is 9.05. The molecule has 0 bridgehead atoms. The summed E-state index contributed by atoms with van der Waals surface area (Å²) in [5.41, 5.74) is 3.12. The van der Waals surface area contributed by atoms with Crippen molar-refractivity contribution in [1.29, 1.82) is 0 Å². The summed E-state index contributed by atoms with van der Waals surface area (Å²) in [6, 6.07) is 7.96. The van der Waals surface area contributed by atoms with Gasteiger partial charge in [-0.15, -0.1) is 0 Å². The van der Waals surface area contributed by atoms with Gasteiger partial charge in [-0.2, -0.15) is 5.10 Å². The molecule has 3 aromatic heterocycles. The Kier molecular flexibility index (Phi) is 6.42. The molecule has 0 saturated carbocycles. The Labute approximate surface area is 200 Å². The SMILES string of the molecule is Cc1nn(-c2cc(N3CCCC3)ncn2)c(C)c1CCC(=O)N1CCN(c2ccccn2)CC1. The standard InChI is InChI=1S/C25H32N8O/c1-19-21(8-9-25(34)32-15-13-31(14-16-32)22-7-3-4-10-26-22)20(2)33(29-19)24-17-23(27-18-28-24)30-11-5-6-12-30/h3-4,7,10,17-18H,5-6,8-9,11-16H2,1-2H3. The average Bonchev–Trinajstić information content (AvgIpc) is 3.52.